The molecule has 56 heavy (non-hydrogen) atoms. The number of halogens is 12. The minimum atomic E-state index is -6.18. The van der Waals surface area contributed by atoms with Gasteiger partial charge in [0.2, 0.25) is 16.6 Å². The van der Waals surface area contributed by atoms with E-state index in [0.29, 0.717) is 0 Å². The molecule has 0 saturated heterocycles. The van der Waals surface area contributed by atoms with Crippen molar-refractivity contribution in [1.29, 1.82) is 0 Å². The second kappa shape index (κ2) is 15.4. The van der Waals surface area contributed by atoms with Gasteiger partial charge < -0.3 is 18.3 Å². The molecule has 0 aliphatic heterocycles. The Morgan fingerprint density at radius 1 is 0.482 bits per heavy atom. The molecule has 316 valence electrons. The third-order valence-corrected chi connectivity index (χ3v) is 19.4. The molecule has 6 nitrogen and oxygen atoms in total. The summed E-state index contributed by atoms with van der Waals surface area (Å²) < 4.78 is 184. The summed E-state index contributed by atoms with van der Waals surface area (Å²) in [6.45, 7) is 18.9. The van der Waals surface area contributed by atoms with E-state index in [4.69, 9.17) is 8.85 Å². The summed E-state index contributed by atoms with van der Waals surface area (Å²) in [6, 6.07) is 9.72. The van der Waals surface area contributed by atoms with Crippen LogP contribution in [-0.4, -0.2) is 65.5 Å². The molecule has 0 bridgehead atoms. The first-order valence-corrected chi connectivity index (χ1v) is 23.0. The summed E-state index contributed by atoms with van der Waals surface area (Å²) in [6.07, 6.45) is -34.0. The Hall–Kier alpha value is -3.43. The zero-order valence-electron chi connectivity index (χ0n) is 32.1. The largest absolute Gasteiger partial charge is 0.544 e. The van der Waals surface area contributed by atoms with Crippen molar-refractivity contribution < 1.29 is 80.6 Å². The highest BCUT2D eigenvalue weighted by Gasteiger charge is 2.66. The van der Waals surface area contributed by atoms with E-state index in [2.05, 4.69) is 9.47 Å². The van der Waals surface area contributed by atoms with Crippen molar-refractivity contribution in [2.24, 2.45) is 11.8 Å². The van der Waals surface area contributed by atoms with Crippen molar-refractivity contribution in [3.05, 3.63) is 59.7 Å². The molecule has 1 aliphatic carbocycles. The Balaban J connectivity index is 2.25. The Kier molecular flexibility index (Phi) is 12.9. The van der Waals surface area contributed by atoms with E-state index in [1.165, 1.54) is 24.3 Å². The maximum absolute atomic E-state index is 13.6. The zero-order valence-corrected chi connectivity index (χ0v) is 34.1. The standard InChI is InChI=1S/C36H44F12O6Si2/c1-31(2,3)55(7,8)53-21-15-11-19(12-16-21)23-25(27(49)51-29(33(37,38)39)34(40,41)42)24(26(23)28(50)52-30(35(43,44)45)36(46,47)48)20-13-17-22(18-14-20)54-56(9,10)32(4,5)6/h11-18,23-26,29-30H,1-10H3. The quantitative estimate of drug-likeness (QED) is 0.135. The molecule has 2 aromatic rings. The lowest BCUT2D eigenvalue weighted by atomic mass is 9.52. The Morgan fingerprint density at radius 2 is 0.714 bits per heavy atom. The van der Waals surface area contributed by atoms with Crippen molar-refractivity contribution in [2.45, 2.75) is 127 Å². The number of ether oxygens (including phenoxy) is 2. The van der Waals surface area contributed by atoms with Crippen molar-refractivity contribution in [1.82, 2.24) is 0 Å². The highest BCUT2D eigenvalue weighted by molar-refractivity contribution is 6.75. The van der Waals surface area contributed by atoms with Crippen LogP contribution >= 0.6 is 0 Å². The highest BCUT2D eigenvalue weighted by Crippen LogP contribution is 2.60. The van der Waals surface area contributed by atoms with Crippen LogP contribution in [0.5, 0.6) is 11.5 Å². The van der Waals surface area contributed by atoms with E-state index in [0.717, 1.165) is 24.3 Å². The molecule has 0 spiro atoms. The van der Waals surface area contributed by atoms with Crippen molar-refractivity contribution in [2.75, 3.05) is 0 Å². The summed E-state index contributed by atoms with van der Waals surface area (Å²) in [4.78, 5) is 27.1. The van der Waals surface area contributed by atoms with Crippen LogP contribution in [0.1, 0.15) is 64.5 Å². The average molecular weight is 857 g/mol. The molecule has 20 heteroatoms. The lowest BCUT2D eigenvalue weighted by molar-refractivity contribution is -0.317. The van der Waals surface area contributed by atoms with E-state index >= 15 is 0 Å². The smallest absolute Gasteiger partial charge is 0.434 e. The van der Waals surface area contributed by atoms with Gasteiger partial charge in [-0.1, -0.05) is 65.8 Å². The van der Waals surface area contributed by atoms with Gasteiger partial charge in [-0.2, -0.15) is 52.7 Å². The fourth-order valence-electron chi connectivity index (χ4n) is 5.60. The van der Waals surface area contributed by atoms with Gasteiger partial charge in [0, 0.05) is 11.8 Å². The minimum absolute atomic E-state index is 0.204. The first-order chi connectivity index (χ1) is 24.9. The van der Waals surface area contributed by atoms with Gasteiger partial charge in [-0.3, -0.25) is 9.59 Å². The number of hydrogen-bond donors (Lipinski definition) is 0. The molecule has 1 aliphatic rings. The summed E-state index contributed by atoms with van der Waals surface area (Å²) in [5.74, 6) is -12.2. The lowest BCUT2D eigenvalue weighted by Gasteiger charge is -2.50. The van der Waals surface area contributed by atoms with Crippen LogP contribution in [0.4, 0.5) is 52.7 Å². The first-order valence-electron chi connectivity index (χ1n) is 17.2. The van der Waals surface area contributed by atoms with Crippen molar-refractivity contribution >= 4 is 28.6 Å². The number of carbonyl (C=O) groups excluding carboxylic acids is 2. The molecule has 3 rings (SSSR count). The number of rotatable bonds is 10. The van der Waals surface area contributed by atoms with E-state index in [1.807, 2.05) is 67.7 Å². The molecule has 0 radical (unpaired) electrons. The molecule has 0 atom stereocenters. The van der Waals surface area contributed by atoms with E-state index in [-0.39, 0.29) is 32.7 Å². The number of benzene rings is 2. The molecule has 0 unspecified atom stereocenters. The van der Waals surface area contributed by atoms with Gasteiger partial charge in [-0.25, -0.2) is 0 Å². The van der Waals surface area contributed by atoms with Crippen LogP contribution in [0.15, 0.2) is 48.5 Å². The lowest BCUT2D eigenvalue weighted by Crippen LogP contribution is -2.56. The van der Waals surface area contributed by atoms with Crippen LogP contribution in [0.3, 0.4) is 0 Å². The normalized spacial score (nSPS) is 20.4. The van der Waals surface area contributed by atoms with Crippen molar-refractivity contribution in [3.8, 4) is 11.5 Å². The molecular weight excluding hydrogens is 813 g/mol. The van der Waals surface area contributed by atoms with Crippen LogP contribution in [0.25, 0.3) is 0 Å². The fourth-order valence-corrected chi connectivity index (χ4v) is 7.67. The second-order valence-electron chi connectivity index (χ2n) is 16.8. The van der Waals surface area contributed by atoms with Gasteiger partial charge >= 0.3 is 36.6 Å². The Bertz CT molecular complexity index is 1530. The summed E-state index contributed by atoms with van der Waals surface area (Å²) in [7, 11) is -5.05. The predicted molar refractivity (Wildman–Crippen MR) is 185 cm³/mol. The third-order valence-electron chi connectivity index (χ3n) is 10.6. The van der Waals surface area contributed by atoms with Crippen LogP contribution < -0.4 is 8.85 Å². The van der Waals surface area contributed by atoms with E-state index in [1.54, 1.807) is 0 Å². The number of alkyl halides is 12. The van der Waals surface area contributed by atoms with E-state index < -0.39 is 89.2 Å². The Morgan fingerprint density at radius 3 is 0.911 bits per heavy atom. The predicted octanol–water partition coefficient (Wildman–Crippen LogP) is 11.6. The van der Waals surface area contributed by atoms with Crippen LogP contribution in [0.2, 0.25) is 36.3 Å². The monoisotopic (exact) mass is 856 g/mol. The van der Waals surface area contributed by atoms with E-state index in [9.17, 15) is 62.3 Å². The molecule has 0 aromatic heterocycles. The van der Waals surface area contributed by atoms with Crippen LogP contribution in [0, 0.1) is 11.8 Å². The zero-order chi connectivity index (χ0) is 43.4. The van der Waals surface area contributed by atoms with Crippen molar-refractivity contribution in [3.63, 3.8) is 0 Å². The summed E-state index contributed by atoms with van der Waals surface area (Å²) in [5.41, 5.74) is -0.450. The third kappa shape index (κ3) is 10.5. The summed E-state index contributed by atoms with van der Waals surface area (Å²) in [5, 5.41) is -0.661. The van der Waals surface area contributed by atoms with Gasteiger partial charge in [-0.05, 0) is 71.7 Å². The summed E-state index contributed by atoms with van der Waals surface area (Å²) >= 11 is 0. The van der Waals surface area contributed by atoms with Gasteiger partial charge in [0.25, 0.3) is 12.2 Å². The number of esters is 2. The maximum atomic E-state index is 13.6. The molecule has 0 N–H and O–H groups in total. The SMILES string of the molecule is CC(C)(C)[Si](C)(C)Oc1ccc(C2C(C(=O)OC(C(F)(F)F)C(F)(F)F)C(c3ccc(O[Si](C)(C)C(C)(C)C)cc3)C2C(=O)OC(C(F)(F)F)C(F)(F)F)cc1. The number of hydrogen-bond acceptors (Lipinski definition) is 6. The topological polar surface area (TPSA) is 71.1 Å². The fraction of sp³-hybridized carbons (Fsp3) is 0.611. The molecule has 1 fully saturated rings. The molecule has 0 amide bonds. The van der Waals surface area contributed by atoms with Crippen LogP contribution in [-0.2, 0) is 19.1 Å². The number of carbonyl (C=O) groups is 2. The average Bonchev–Trinajstić information content (AvgIpc) is 2.96. The molecular formula is C36H44F12O6Si2. The van der Waals surface area contributed by atoms with Gasteiger partial charge in [0.05, 0.1) is 11.8 Å². The first kappa shape index (κ1) is 47.0. The highest BCUT2D eigenvalue weighted by atomic mass is 28.4. The molecule has 2 aromatic carbocycles. The molecule has 1 saturated carbocycles. The second-order valence-corrected chi connectivity index (χ2v) is 26.2. The Labute approximate surface area is 318 Å². The minimum Gasteiger partial charge on any atom is -0.544 e. The van der Waals surface area contributed by atoms with Gasteiger partial charge in [0.1, 0.15) is 11.5 Å². The van der Waals surface area contributed by atoms with Gasteiger partial charge in [-0.15, -0.1) is 0 Å². The van der Waals surface area contributed by atoms with Gasteiger partial charge in [0.15, 0.2) is 0 Å². The maximum Gasteiger partial charge on any atom is 0.434 e. The molecule has 0 heterocycles.